The minimum atomic E-state index is -0.833. The Balaban J connectivity index is 1.45. The molecule has 1 saturated heterocycles. The zero-order chi connectivity index (χ0) is 24.4. The van der Waals surface area contributed by atoms with Crippen LogP contribution in [0.4, 0.5) is 0 Å². The van der Waals surface area contributed by atoms with Crippen LogP contribution in [0.3, 0.4) is 0 Å². The number of nitrogen functional groups attached to an aromatic ring is 1. The standard InChI is InChI=1S/C26H37N5O3/c1-3-22(26(33)34)31(20-9-10-20)16-24(32)30-13-5-6-19(30)11-12-21-14-17-7-8-18(25(27)28)15-23(17)29(21)4-2/h7-8,14-15,19-20,22H,3-6,9-13,16H2,1-2H3,(H3,27,28)(H,33,34)/t19-,22?/m0/s1. The van der Waals surface area contributed by atoms with Gasteiger partial charge in [-0.25, -0.2) is 0 Å². The Bertz CT molecular complexity index is 1070. The number of nitrogens with two attached hydrogens (primary N) is 1. The Labute approximate surface area is 201 Å². The van der Waals surface area contributed by atoms with Crippen LogP contribution < -0.4 is 5.73 Å². The summed E-state index contributed by atoms with van der Waals surface area (Å²) in [6.07, 6.45) is 6.21. The molecule has 1 aliphatic heterocycles. The molecule has 4 rings (SSSR count). The molecule has 8 nitrogen and oxygen atoms in total. The lowest BCUT2D eigenvalue weighted by Gasteiger charge is -2.31. The molecule has 1 aliphatic carbocycles. The van der Waals surface area contributed by atoms with Crippen molar-refractivity contribution in [3.63, 3.8) is 0 Å². The minimum Gasteiger partial charge on any atom is -0.480 e. The third-order valence-corrected chi connectivity index (χ3v) is 7.45. The molecule has 0 bridgehead atoms. The van der Waals surface area contributed by atoms with Crippen molar-refractivity contribution in [2.45, 2.75) is 83.5 Å². The second kappa shape index (κ2) is 10.2. The third kappa shape index (κ3) is 4.97. The molecule has 1 amide bonds. The number of amides is 1. The summed E-state index contributed by atoms with van der Waals surface area (Å²) in [7, 11) is 0. The number of carboxylic acids is 1. The number of fused-ring (bicyclic) bond motifs is 1. The van der Waals surface area contributed by atoms with Gasteiger partial charge in [-0.1, -0.05) is 19.1 Å². The van der Waals surface area contributed by atoms with Crippen LogP contribution >= 0.6 is 0 Å². The number of hydrogen-bond donors (Lipinski definition) is 3. The zero-order valence-electron chi connectivity index (χ0n) is 20.3. The second-order valence-corrected chi connectivity index (χ2v) is 9.65. The minimum absolute atomic E-state index is 0.0660. The van der Waals surface area contributed by atoms with E-state index in [2.05, 4.69) is 17.6 Å². The number of carboxylic acid groups (broad SMARTS) is 1. The molecule has 2 aliphatic rings. The molecule has 1 aromatic heterocycles. The van der Waals surface area contributed by atoms with Crippen LogP contribution in [0.25, 0.3) is 10.9 Å². The van der Waals surface area contributed by atoms with E-state index in [4.69, 9.17) is 11.1 Å². The first-order valence-corrected chi connectivity index (χ1v) is 12.6. The first-order chi connectivity index (χ1) is 16.3. The lowest BCUT2D eigenvalue weighted by atomic mass is 10.1. The molecule has 2 atom stereocenters. The second-order valence-electron chi connectivity index (χ2n) is 9.65. The van der Waals surface area contributed by atoms with Crippen molar-refractivity contribution in [1.29, 1.82) is 5.41 Å². The number of nitrogens with one attached hydrogen (secondary N) is 1. The van der Waals surface area contributed by atoms with E-state index in [1.54, 1.807) is 0 Å². The number of amidine groups is 1. The van der Waals surface area contributed by atoms with E-state index in [9.17, 15) is 14.7 Å². The van der Waals surface area contributed by atoms with Crippen LogP contribution in [0, 0.1) is 5.41 Å². The van der Waals surface area contributed by atoms with Gasteiger partial charge in [-0.05, 0) is 69.4 Å². The van der Waals surface area contributed by atoms with E-state index in [1.165, 1.54) is 5.69 Å². The van der Waals surface area contributed by atoms with Crippen LogP contribution in [-0.4, -0.2) is 68.4 Å². The van der Waals surface area contributed by atoms with Crippen molar-refractivity contribution in [2.75, 3.05) is 13.1 Å². The number of benzene rings is 1. The van der Waals surface area contributed by atoms with Gasteiger partial charge in [0.1, 0.15) is 11.9 Å². The van der Waals surface area contributed by atoms with Gasteiger partial charge in [-0.15, -0.1) is 0 Å². The highest BCUT2D eigenvalue weighted by Crippen LogP contribution is 2.31. The highest BCUT2D eigenvalue weighted by molar-refractivity contribution is 5.98. The van der Waals surface area contributed by atoms with E-state index < -0.39 is 12.0 Å². The average molecular weight is 468 g/mol. The van der Waals surface area contributed by atoms with Gasteiger partial charge in [0.25, 0.3) is 0 Å². The fraction of sp³-hybridized carbons (Fsp3) is 0.577. The molecule has 8 heteroatoms. The van der Waals surface area contributed by atoms with Crippen LogP contribution in [-0.2, 0) is 22.6 Å². The summed E-state index contributed by atoms with van der Waals surface area (Å²) in [5, 5.41) is 18.5. The number of aryl methyl sites for hydroxylation is 2. The van der Waals surface area contributed by atoms with Crippen LogP contribution in [0.1, 0.15) is 63.6 Å². The predicted molar refractivity (Wildman–Crippen MR) is 133 cm³/mol. The fourth-order valence-corrected chi connectivity index (χ4v) is 5.54. The lowest BCUT2D eigenvalue weighted by Crippen LogP contribution is -2.49. The molecule has 0 radical (unpaired) electrons. The van der Waals surface area contributed by atoms with Crippen molar-refractivity contribution >= 4 is 28.6 Å². The van der Waals surface area contributed by atoms with Gasteiger partial charge in [-0.3, -0.25) is 19.9 Å². The molecular weight excluding hydrogens is 430 g/mol. The Morgan fingerprint density at radius 3 is 2.62 bits per heavy atom. The number of rotatable bonds is 11. The number of likely N-dealkylation sites (tertiary alicyclic amines) is 1. The number of aromatic nitrogens is 1. The molecule has 0 spiro atoms. The Morgan fingerprint density at radius 2 is 2.00 bits per heavy atom. The monoisotopic (exact) mass is 467 g/mol. The predicted octanol–water partition coefficient (Wildman–Crippen LogP) is 3.20. The molecule has 1 aromatic carbocycles. The highest BCUT2D eigenvalue weighted by Gasteiger charge is 2.39. The van der Waals surface area contributed by atoms with Crippen LogP contribution in [0.15, 0.2) is 24.3 Å². The molecular formula is C26H37N5O3. The summed E-state index contributed by atoms with van der Waals surface area (Å²) < 4.78 is 2.27. The third-order valence-electron chi connectivity index (χ3n) is 7.45. The van der Waals surface area contributed by atoms with Gasteiger partial charge in [0.05, 0.1) is 6.54 Å². The van der Waals surface area contributed by atoms with E-state index in [1.807, 2.05) is 34.9 Å². The Morgan fingerprint density at radius 1 is 1.24 bits per heavy atom. The normalized spacial score (nSPS) is 19.1. The van der Waals surface area contributed by atoms with E-state index in [0.717, 1.165) is 68.1 Å². The summed E-state index contributed by atoms with van der Waals surface area (Å²) in [5.74, 6) is -0.697. The maximum atomic E-state index is 13.3. The summed E-state index contributed by atoms with van der Waals surface area (Å²) in [5.41, 5.74) is 8.74. The number of carbonyl (C=O) groups is 2. The van der Waals surface area contributed by atoms with Gasteiger partial charge >= 0.3 is 5.97 Å². The highest BCUT2D eigenvalue weighted by atomic mass is 16.4. The molecule has 2 fully saturated rings. The number of aliphatic carboxylic acids is 1. The summed E-state index contributed by atoms with van der Waals surface area (Å²) in [6, 6.07) is 7.93. The molecule has 1 unspecified atom stereocenters. The van der Waals surface area contributed by atoms with Crippen molar-refractivity contribution in [2.24, 2.45) is 5.73 Å². The van der Waals surface area contributed by atoms with E-state index in [-0.39, 0.29) is 30.4 Å². The molecule has 4 N–H and O–H groups in total. The SMILES string of the molecule is CCC(C(=O)O)N(CC(=O)N1CCC[C@H]1CCc1cc2ccc(C(=N)N)cc2n1CC)C1CC1. The van der Waals surface area contributed by atoms with Crippen LogP contribution in [0.2, 0.25) is 0 Å². The largest absolute Gasteiger partial charge is 0.480 e. The quantitative estimate of drug-likeness (QED) is 0.347. The molecule has 1 saturated carbocycles. The van der Waals surface area contributed by atoms with Crippen molar-refractivity contribution in [3.8, 4) is 0 Å². The van der Waals surface area contributed by atoms with E-state index in [0.29, 0.717) is 6.42 Å². The zero-order valence-corrected chi connectivity index (χ0v) is 20.3. The smallest absolute Gasteiger partial charge is 0.320 e. The maximum Gasteiger partial charge on any atom is 0.320 e. The molecule has 2 aromatic rings. The van der Waals surface area contributed by atoms with Gasteiger partial charge in [0.15, 0.2) is 0 Å². The fourth-order valence-electron chi connectivity index (χ4n) is 5.54. The summed E-state index contributed by atoms with van der Waals surface area (Å²) in [6.45, 7) is 5.79. The van der Waals surface area contributed by atoms with Crippen LogP contribution in [0.5, 0.6) is 0 Å². The number of hydrogen-bond acceptors (Lipinski definition) is 4. The summed E-state index contributed by atoms with van der Waals surface area (Å²) >= 11 is 0. The van der Waals surface area contributed by atoms with Gasteiger partial charge < -0.3 is 20.3 Å². The van der Waals surface area contributed by atoms with Gasteiger partial charge in [-0.2, -0.15) is 0 Å². The molecule has 184 valence electrons. The molecule has 2 heterocycles. The van der Waals surface area contributed by atoms with Gasteiger partial charge in [0.2, 0.25) is 5.91 Å². The maximum absolute atomic E-state index is 13.3. The lowest BCUT2D eigenvalue weighted by molar-refractivity contribution is -0.145. The summed E-state index contributed by atoms with van der Waals surface area (Å²) in [4.78, 5) is 28.9. The van der Waals surface area contributed by atoms with Crippen molar-refractivity contribution in [3.05, 3.63) is 35.5 Å². The van der Waals surface area contributed by atoms with Crippen molar-refractivity contribution < 1.29 is 14.7 Å². The first kappa shape index (κ1) is 24.3. The Hall–Kier alpha value is -2.87. The number of carbonyl (C=O) groups excluding carboxylic acids is 1. The topological polar surface area (TPSA) is 116 Å². The van der Waals surface area contributed by atoms with E-state index >= 15 is 0 Å². The number of nitrogens with zero attached hydrogens (tertiary/aromatic N) is 3. The van der Waals surface area contributed by atoms with Gasteiger partial charge in [0, 0.05) is 41.9 Å². The Kier molecular flexibility index (Phi) is 7.26. The molecule has 34 heavy (non-hydrogen) atoms. The average Bonchev–Trinajstić information content (AvgIpc) is 3.43. The van der Waals surface area contributed by atoms with Crippen molar-refractivity contribution in [1.82, 2.24) is 14.4 Å². The first-order valence-electron chi connectivity index (χ1n) is 12.6.